The first-order chi connectivity index (χ1) is 12.0. The summed E-state index contributed by atoms with van der Waals surface area (Å²) in [5.74, 6) is 0.484. The second kappa shape index (κ2) is 7.56. The molecule has 0 spiro atoms. The maximum Gasteiger partial charge on any atom is 0.268 e. The fourth-order valence-corrected chi connectivity index (χ4v) is 3.57. The Labute approximate surface area is 148 Å². The molecule has 0 saturated carbocycles. The van der Waals surface area contributed by atoms with Crippen molar-refractivity contribution in [2.75, 3.05) is 31.1 Å². The first kappa shape index (κ1) is 17.9. The highest BCUT2D eigenvalue weighted by Gasteiger charge is 2.36. The molecule has 7 nitrogen and oxygen atoms in total. The van der Waals surface area contributed by atoms with E-state index in [0.29, 0.717) is 19.1 Å². The topological polar surface area (TPSA) is 76.5 Å². The van der Waals surface area contributed by atoms with Crippen molar-refractivity contribution < 1.29 is 9.53 Å². The summed E-state index contributed by atoms with van der Waals surface area (Å²) in [6.45, 7) is 5.02. The number of hydrogen-bond acceptors (Lipinski definition) is 5. The van der Waals surface area contributed by atoms with Gasteiger partial charge in [0.1, 0.15) is 5.60 Å². The SMILES string of the molecule is Cn1ncc(N2CCC(CNC(=O)C3(C)CCCCO3)CC2)cc1=O. The fourth-order valence-electron chi connectivity index (χ4n) is 3.57. The molecule has 3 rings (SSSR count). The number of anilines is 1. The molecule has 0 radical (unpaired) electrons. The van der Waals surface area contributed by atoms with Crippen molar-refractivity contribution in [2.45, 2.75) is 44.6 Å². The van der Waals surface area contributed by atoms with E-state index in [-0.39, 0.29) is 11.5 Å². The van der Waals surface area contributed by atoms with Gasteiger partial charge in [-0.3, -0.25) is 9.59 Å². The highest BCUT2D eigenvalue weighted by atomic mass is 16.5. The lowest BCUT2D eigenvalue weighted by Crippen LogP contribution is -2.50. The highest BCUT2D eigenvalue weighted by molar-refractivity contribution is 5.84. The number of hydrogen-bond donors (Lipinski definition) is 1. The van der Waals surface area contributed by atoms with Crippen molar-refractivity contribution in [3.05, 3.63) is 22.6 Å². The fraction of sp³-hybridized carbons (Fsp3) is 0.722. The third kappa shape index (κ3) is 4.21. The van der Waals surface area contributed by atoms with Crippen LogP contribution in [0.25, 0.3) is 0 Å². The zero-order chi connectivity index (χ0) is 17.9. The van der Waals surface area contributed by atoms with Gasteiger partial charge in [0, 0.05) is 39.4 Å². The Bertz CT molecular complexity index is 659. The van der Waals surface area contributed by atoms with E-state index in [0.717, 1.165) is 50.9 Å². The van der Waals surface area contributed by atoms with Crippen LogP contribution in [-0.2, 0) is 16.6 Å². The molecule has 138 valence electrons. The van der Waals surface area contributed by atoms with Crippen LogP contribution in [0.1, 0.15) is 39.0 Å². The van der Waals surface area contributed by atoms with Crippen molar-refractivity contribution in [3.63, 3.8) is 0 Å². The number of nitrogens with zero attached hydrogens (tertiary/aromatic N) is 3. The maximum absolute atomic E-state index is 12.4. The molecule has 2 fully saturated rings. The number of aromatic nitrogens is 2. The van der Waals surface area contributed by atoms with E-state index in [1.165, 1.54) is 4.68 Å². The van der Waals surface area contributed by atoms with Gasteiger partial charge in [-0.05, 0) is 44.9 Å². The minimum Gasteiger partial charge on any atom is -0.370 e. The average Bonchev–Trinajstić information content (AvgIpc) is 2.63. The second-order valence-corrected chi connectivity index (χ2v) is 7.35. The van der Waals surface area contributed by atoms with Crippen molar-refractivity contribution in [1.29, 1.82) is 0 Å². The zero-order valence-corrected chi connectivity index (χ0v) is 15.2. The van der Waals surface area contributed by atoms with Crippen LogP contribution in [0.5, 0.6) is 0 Å². The van der Waals surface area contributed by atoms with E-state index < -0.39 is 5.60 Å². The summed E-state index contributed by atoms with van der Waals surface area (Å²) in [6, 6.07) is 1.64. The van der Waals surface area contributed by atoms with Crippen molar-refractivity contribution in [3.8, 4) is 0 Å². The smallest absolute Gasteiger partial charge is 0.268 e. The molecule has 1 aromatic rings. The van der Waals surface area contributed by atoms with Gasteiger partial charge in [0.2, 0.25) is 0 Å². The number of ether oxygens (including phenoxy) is 1. The van der Waals surface area contributed by atoms with Gasteiger partial charge in [0.15, 0.2) is 0 Å². The van der Waals surface area contributed by atoms with Crippen LogP contribution in [0.3, 0.4) is 0 Å². The molecule has 1 unspecified atom stereocenters. The third-order valence-corrected chi connectivity index (χ3v) is 5.43. The summed E-state index contributed by atoms with van der Waals surface area (Å²) < 4.78 is 7.04. The summed E-state index contributed by atoms with van der Waals surface area (Å²) in [6.07, 6.45) is 6.61. The van der Waals surface area contributed by atoms with Gasteiger partial charge in [-0.15, -0.1) is 0 Å². The molecule has 1 aromatic heterocycles. The number of nitrogens with one attached hydrogen (secondary N) is 1. The zero-order valence-electron chi connectivity index (χ0n) is 15.2. The molecule has 0 aromatic carbocycles. The summed E-state index contributed by atoms with van der Waals surface area (Å²) >= 11 is 0. The summed E-state index contributed by atoms with van der Waals surface area (Å²) in [5, 5.41) is 7.17. The number of rotatable bonds is 4. The first-order valence-corrected chi connectivity index (χ1v) is 9.18. The van der Waals surface area contributed by atoms with E-state index in [4.69, 9.17) is 4.74 Å². The molecular formula is C18H28N4O3. The molecule has 7 heteroatoms. The van der Waals surface area contributed by atoms with Crippen molar-refractivity contribution in [2.24, 2.45) is 13.0 Å². The lowest BCUT2D eigenvalue weighted by molar-refractivity contribution is -0.150. The van der Waals surface area contributed by atoms with Crippen molar-refractivity contribution >= 4 is 11.6 Å². The van der Waals surface area contributed by atoms with Gasteiger partial charge in [0.05, 0.1) is 11.9 Å². The Morgan fingerprint density at radius 1 is 1.40 bits per heavy atom. The minimum absolute atomic E-state index is 0.0189. The number of carbonyl (C=O) groups is 1. The molecule has 2 aliphatic heterocycles. The van der Waals surface area contributed by atoms with Crippen LogP contribution in [0.4, 0.5) is 5.69 Å². The third-order valence-electron chi connectivity index (χ3n) is 5.43. The highest BCUT2D eigenvalue weighted by Crippen LogP contribution is 2.25. The van der Waals surface area contributed by atoms with Crippen LogP contribution in [0, 0.1) is 5.92 Å². The summed E-state index contributed by atoms with van der Waals surface area (Å²) in [4.78, 5) is 26.3. The minimum atomic E-state index is -0.658. The standard InChI is InChI=1S/C18H28N4O3/c1-18(7-3-4-10-25-18)17(24)19-12-14-5-8-22(9-6-14)15-11-16(23)21(2)20-13-15/h11,13-14H,3-10,12H2,1-2H3,(H,19,24). The number of piperidine rings is 1. The van der Waals surface area contributed by atoms with E-state index in [2.05, 4.69) is 15.3 Å². The van der Waals surface area contributed by atoms with Gasteiger partial charge < -0.3 is 15.0 Å². The van der Waals surface area contributed by atoms with Gasteiger partial charge in [0.25, 0.3) is 11.5 Å². The van der Waals surface area contributed by atoms with Crippen LogP contribution < -0.4 is 15.8 Å². The van der Waals surface area contributed by atoms with Crippen LogP contribution in [0.2, 0.25) is 0 Å². The van der Waals surface area contributed by atoms with Gasteiger partial charge in [-0.1, -0.05) is 0 Å². The maximum atomic E-state index is 12.4. The Balaban J connectivity index is 1.47. The Kier molecular flexibility index (Phi) is 5.42. The lowest BCUT2D eigenvalue weighted by atomic mass is 9.93. The molecule has 1 amide bonds. The van der Waals surface area contributed by atoms with E-state index in [1.807, 2.05) is 6.92 Å². The van der Waals surface area contributed by atoms with Gasteiger partial charge in [-0.2, -0.15) is 5.10 Å². The van der Waals surface area contributed by atoms with Crippen molar-refractivity contribution in [1.82, 2.24) is 15.1 Å². The van der Waals surface area contributed by atoms with Crippen LogP contribution in [0.15, 0.2) is 17.1 Å². The largest absolute Gasteiger partial charge is 0.370 e. The molecule has 2 saturated heterocycles. The molecule has 0 aliphatic carbocycles. The van der Waals surface area contributed by atoms with E-state index >= 15 is 0 Å². The number of amides is 1. The van der Waals surface area contributed by atoms with Gasteiger partial charge >= 0.3 is 0 Å². The summed E-state index contributed by atoms with van der Waals surface area (Å²) in [7, 11) is 1.65. The molecule has 1 atom stereocenters. The first-order valence-electron chi connectivity index (χ1n) is 9.18. The second-order valence-electron chi connectivity index (χ2n) is 7.35. The molecular weight excluding hydrogens is 320 g/mol. The lowest BCUT2D eigenvalue weighted by Gasteiger charge is -2.35. The Hall–Kier alpha value is -1.89. The number of aryl methyl sites for hydroxylation is 1. The van der Waals surface area contributed by atoms with E-state index in [9.17, 15) is 9.59 Å². The van der Waals surface area contributed by atoms with E-state index in [1.54, 1.807) is 19.3 Å². The number of carbonyl (C=O) groups excluding carboxylic acids is 1. The Morgan fingerprint density at radius 3 is 2.80 bits per heavy atom. The predicted octanol–water partition coefficient (Wildman–Crippen LogP) is 1.07. The van der Waals surface area contributed by atoms with Gasteiger partial charge in [-0.25, -0.2) is 4.68 Å². The monoisotopic (exact) mass is 348 g/mol. The summed E-state index contributed by atoms with van der Waals surface area (Å²) in [5.41, 5.74) is 0.135. The molecule has 2 aliphatic rings. The molecule has 0 bridgehead atoms. The normalized spacial score (nSPS) is 25.0. The molecule has 3 heterocycles. The molecule has 25 heavy (non-hydrogen) atoms. The van der Waals surface area contributed by atoms with Crippen LogP contribution >= 0.6 is 0 Å². The quantitative estimate of drug-likeness (QED) is 0.881. The average molecular weight is 348 g/mol. The Morgan fingerprint density at radius 2 is 2.16 bits per heavy atom. The predicted molar refractivity (Wildman–Crippen MR) is 95.6 cm³/mol. The van der Waals surface area contributed by atoms with Crippen LogP contribution in [-0.4, -0.2) is 47.5 Å². The molecule has 1 N–H and O–H groups in total.